The first-order valence-electron chi connectivity index (χ1n) is 7.11. The quantitative estimate of drug-likeness (QED) is 0.834. The van der Waals surface area contributed by atoms with E-state index in [1.54, 1.807) is 0 Å². The van der Waals surface area contributed by atoms with Crippen LogP contribution < -0.4 is 10.6 Å². The van der Waals surface area contributed by atoms with E-state index in [1.807, 2.05) is 30.3 Å². The molecule has 3 nitrogen and oxygen atoms in total. The minimum atomic E-state index is -0.489. The molecule has 2 heterocycles. The Balaban J connectivity index is 1.89. The van der Waals surface area contributed by atoms with Crippen LogP contribution in [0.15, 0.2) is 53.0 Å². The maximum Gasteiger partial charge on any atom is 0.237 e. The third-order valence-corrected chi connectivity index (χ3v) is 5.10. The lowest BCUT2D eigenvalue weighted by Crippen LogP contribution is -2.39. The highest BCUT2D eigenvalue weighted by atomic mass is 79.9. The summed E-state index contributed by atoms with van der Waals surface area (Å²) in [5.41, 5.74) is 2.71. The van der Waals surface area contributed by atoms with Crippen LogP contribution in [0.5, 0.6) is 0 Å². The summed E-state index contributed by atoms with van der Waals surface area (Å²) in [6, 6.07) is 16.3. The molecular weight excluding hydrogens is 328 g/mol. The van der Waals surface area contributed by atoms with E-state index in [9.17, 15) is 4.79 Å². The van der Waals surface area contributed by atoms with Gasteiger partial charge in [-0.3, -0.25) is 4.79 Å². The molecule has 2 unspecified atom stereocenters. The van der Waals surface area contributed by atoms with Crippen LogP contribution in [0.4, 0.5) is 5.69 Å². The smallest absolute Gasteiger partial charge is 0.237 e. The van der Waals surface area contributed by atoms with E-state index < -0.39 is 5.41 Å². The van der Waals surface area contributed by atoms with E-state index in [-0.39, 0.29) is 11.9 Å². The standard InChI is InChI=1S/C17H15BrN2O/c18-12-6-7-13-14(10-12)20-16(21)17(13)8-9-19-15(17)11-4-2-1-3-5-11/h1-7,10,15,19H,8-9H2,(H,20,21). The van der Waals surface area contributed by atoms with Gasteiger partial charge in [0.15, 0.2) is 0 Å². The average molecular weight is 343 g/mol. The molecule has 2 N–H and O–H groups in total. The molecule has 1 amide bonds. The van der Waals surface area contributed by atoms with Gasteiger partial charge in [0.05, 0.1) is 11.5 Å². The second kappa shape index (κ2) is 4.68. The van der Waals surface area contributed by atoms with Gasteiger partial charge in [0.1, 0.15) is 0 Å². The molecule has 0 saturated carbocycles. The van der Waals surface area contributed by atoms with Crippen LogP contribution in [0.25, 0.3) is 0 Å². The number of benzene rings is 2. The van der Waals surface area contributed by atoms with Gasteiger partial charge in [-0.25, -0.2) is 0 Å². The number of carbonyl (C=O) groups excluding carboxylic acids is 1. The Kier molecular flexibility index (Phi) is 2.91. The van der Waals surface area contributed by atoms with E-state index in [0.717, 1.165) is 28.7 Å². The Morgan fingerprint density at radius 2 is 1.95 bits per heavy atom. The molecule has 0 bridgehead atoms. The zero-order valence-corrected chi connectivity index (χ0v) is 13.0. The van der Waals surface area contributed by atoms with Gasteiger partial charge in [-0.05, 0) is 36.2 Å². The summed E-state index contributed by atoms with van der Waals surface area (Å²) in [6.07, 6.45) is 0.826. The fourth-order valence-electron chi connectivity index (χ4n) is 3.68. The van der Waals surface area contributed by atoms with Crippen LogP contribution in [0.2, 0.25) is 0 Å². The van der Waals surface area contributed by atoms with E-state index in [2.05, 4.69) is 44.8 Å². The van der Waals surface area contributed by atoms with Crippen LogP contribution in [0.1, 0.15) is 23.6 Å². The Bertz CT molecular complexity index is 716. The average Bonchev–Trinajstić information content (AvgIpc) is 3.04. The summed E-state index contributed by atoms with van der Waals surface area (Å²) >= 11 is 3.47. The predicted octanol–water partition coefficient (Wildman–Crippen LogP) is 3.37. The van der Waals surface area contributed by atoms with Crippen molar-refractivity contribution in [3.05, 3.63) is 64.1 Å². The third kappa shape index (κ3) is 1.79. The van der Waals surface area contributed by atoms with Gasteiger partial charge in [0, 0.05) is 10.2 Å². The summed E-state index contributed by atoms with van der Waals surface area (Å²) < 4.78 is 0.987. The second-order valence-electron chi connectivity index (χ2n) is 5.66. The van der Waals surface area contributed by atoms with Crippen LogP contribution in [-0.4, -0.2) is 12.5 Å². The lowest BCUT2D eigenvalue weighted by atomic mass is 9.73. The first-order valence-corrected chi connectivity index (χ1v) is 7.91. The van der Waals surface area contributed by atoms with Gasteiger partial charge in [-0.1, -0.05) is 52.3 Å². The fraction of sp³-hybridized carbons (Fsp3) is 0.235. The molecule has 2 aromatic carbocycles. The number of hydrogen-bond acceptors (Lipinski definition) is 2. The molecule has 4 heteroatoms. The first-order chi connectivity index (χ1) is 10.2. The molecule has 2 aromatic rings. The van der Waals surface area contributed by atoms with Crippen molar-refractivity contribution in [3.63, 3.8) is 0 Å². The van der Waals surface area contributed by atoms with Crippen LogP contribution in [0.3, 0.4) is 0 Å². The molecule has 0 radical (unpaired) electrons. The second-order valence-corrected chi connectivity index (χ2v) is 6.58. The van der Waals surface area contributed by atoms with E-state index in [1.165, 1.54) is 5.56 Å². The monoisotopic (exact) mass is 342 g/mol. The van der Waals surface area contributed by atoms with Gasteiger partial charge in [-0.15, -0.1) is 0 Å². The number of nitrogens with one attached hydrogen (secondary N) is 2. The molecule has 4 rings (SSSR count). The van der Waals surface area contributed by atoms with Crippen molar-refractivity contribution in [3.8, 4) is 0 Å². The first kappa shape index (κ1) is 13.0. The number of carbonyl (C=O) groups is 1. The zero-order chi connectivity index (χ0) is 14.4. The summed E-state index contributed by atoms with van der Waals surface area (Å²) in [5.74, 6) is 0.106. The topological polar surface area (TPSA) is 41.1 Å². The number of hydrogen-bond donors (Lipinski definition) is 2. The van der Waals surface area contributed by atoms with Crippen molar-refractivity contribution in [2.45, 2.75) is 17.9 Å². The SMILES string of the molecule is O=C1Nc2cc(Br)ccc2C12CCNC2c1ccccc1. The Morgan fingerprint density at radius 3 is 2.76 bits per heavy atom. The van der Waals surface area contributed by atoms with Crippen molar-refractivity contribution in [2.75, 3.05) is 11.9 Å². The lowest BCUT2D eigenvalue weighted by Gasteiger charge is -2.29. The Hall–Kier alpha value is -1.65. The summed E-state index contributed by atoms with van der Waals surface area (Å²) in [6.45, 7) is 0.850. The van der Waals surface area contributed by atoms with Gasteiger partial charge >= 0.3 is 0 Å². The molecular formula is C17H15BrN2O. The highest BCUT2D eigenvalue weighted by Gasteiger charge is 2.55. The molecule has 2 aliphatic heterocycles. The minimum Gasteiger partial charge on any atom is -0.325 e. The normalized spacial score (nSPS) is 26.9. The van der Waals surface area contributed by atoms with E-state index in [4.69, 9.17) is 0 Å². The molecule has 1 saturated heterocycles. The summed E-state index contributed by atoms with van der Waals surface area (Å²) in [4.78, 5) is 12.8. The largest absolute Gasteiger partial charge is 0.325 e. The highest BCUT2D eigenvalue weighted by molar-refractivity contribution is 9.10. The molecule has 0 aromatic heterocycles. The van der Waals surface area contributed by atoms with Crippen molar-refractivity contribution >= 4 is 27.5 Å². The molecule has 21 heavy (non-hydrogen) atoms. The van der Waals surface area contributed by atoms with Crippen molar-refractivity contribution in [2.24, 2.45) is 0 Å². The van der Waals surface area contributed by atoms with Crippen LogP contribution >= 0.6 is 15.9 Å². The van der Waals surface area contributed by atoms with Gasteiger partial charge in [-0.2, -0.15) is 0 Å². The van der Waals surface area contributed by atoms with E-state index >= 15 is 0 Å². The van der Waals surface area contributed by atoms with Gasteiger partial charge in [0.2, 0.25) is 5.91 Å². The molecule has 0 aliphatic carbocycles. The Morgan fingerprint density at radius 1 is 1.14 bits per heavy atom. The molecule has 1 spiro atoms. The maximum atomic E-state index is 12.8. The zero-order valence-electron chi connectivity index (χ0n) is 11.4. The number of halogens is 1. The van der Waals surface area contributed by atoms with Gasteiger partial charge in [0.25, 0.3) is 0 Å². The molecule has 2 aliphatic rings. The fourth-order valence-corrected chi connectivity index (χ4v) is 4.04. The number of anilines is 1. The molecule has 1 fully saturated rings. The molecule has 2 atom stereocenters. The van der Waals surface area contributed by atoms with Crippen molar-refractivity contribution in [1.82, 2.24) is 5.32 Å². The minimum absolute atomic E-state index is 0.0288. The lowest BCUT2D eigenvalue weighted by molar-refractivity contribution is -0.121. The van der Waals surface area contributed by atoms with E-state index in [0.29, 0.717) is 0 Å². The van der Waals surface area contributed by atoms with Crippen molar-refractivity contribution in [1.29, 1.82) is 0 Å². The van der Waals surface area contributed by atoms with Crippen LogP contribution in [-0.2, 0) is 10.2 Å². The highest BCUT2D eigenvalue weighted by Crippen LogP contribution is 2.51. The van der Waals surface area contributed by atoms with Crippen LogP contribution in [0, 0.1) is 0 Å². The number of amides is 1. The predicted molar refractivity (Wildman–Crippen MR) is 86.3 cm³/mol. The van der Waals surface area contributed by atoms with Crippen molar-refractivity contribution < 1.29 is 4.79 Å². The third-order valence-electron chi connectivity index (χ3n) is 4.61. The molecule has 106 valence electrons. The van der Waals surface area contributed by atoms with Gasteiger partial charge < -0.3 is 10.6 Å². The summed E-state index contributed by atoms with van der Waals surface area (Å²) in [7, 11) is 0. The maximum absolute atomic E-state index is 12.8. The summed E-state index contributed by atoms with van der Waals surface area (Å²) in [5, 5.41) is 6.58. The number of rotatable bonds is 1. The number of fused-ring (bicyclic) bond motifs is 2. The Labute approximate surface area is 131 Å².